The number of benzene rings is 1. The summed E-state index contributed by atoms with van der Waals surface area (Å²) in [4.78, 5) is 25.4. The molecule has 0 atom stereocenters. The fourth-order valence-corrected chi connectivity index (χ4v) is 2.01. The highest BCUT2D eigenvalue weighted by atomic mass is 79.9. The van der Waals surface area contributed by atoms with E-state index in [9.17, 15) is 14.0 Å². The molecule has 2 N–H and O–H groups in total. The highest BCUT2D eigenvalue weighted by Crippen LogP contribution is 2.24. The molecule has 0 radical (unpaired) electrons. The first-order valence-electron chi connectivity index (χ1n) is 5.43. The molecular weight excluding hydrogens is 315 g/mol. The largest absolute Gasteiger partial charge is 0.320 e. The third-order valence-corrected chi connectivity index (χ3v) is 3.14. The lowest BCUT2D eigenvalue weighted by molar-refractivity contribution is 0.102. The summed E-state index contributed by atoms with van der Waals surface area (Å²) in [5.74, 6) is -0.968. The van der Waals surface area contributed by atoms with E-state index >= 15 is 0 Å². The molecule has 0 saturated carbocycles. The molecule has 0 fully saturated rings. The van der Waals surface area contributed by atoms with E-state index < -0.39 is 11.7 Å². The van der Waals surface area contributed by atoms with E-state index in [1.807, 2.05) is 0 Å². The van der Waals surface area contributed by atoms with Crippen molar-refractivity contribution >= 4 is 27.5 Å². The number of rotatable bonds is 2. The molecular formula is C13H10BrFN2O2. The van der Waals surface area contributed by atoms with E-state index in [2.05, 4.69) is 26.2 Å². The first-order valence-corrected chi connectivity index (χ1v) is 6.23. The standard InChI is InChI=1S/C13H10BrFN2O2/c1-7-5-8(14)9(15)6-11(7)17-13(19)10-3-2-4-12(18)16-10/h2-6H,1H3,(H,16,18)(H,17,19). The molecule has 19 heavy (non-hydrogen) atoms. The van der Waals surface area contributed by atoms with Gasteiger partial charge < -0.3 is 10.3 Å². The van der Waals surface area contributed by atoms with Crippen molar-refractivity contribution in [1.29, 1.82) is 0 Å². The lowest BCUT2D eigenvalue weighted by atomic mass is 10.2. The average Bonchev–Trinajstić information content (AvgIpc) is 2.36. The number of hydrogen-bond donors (Lipinski definition) is 2. The van der Waals surface area contributed by atoms with Gasteiger partial charge in [-0.2, -0.15) is 0 Å². The molecule has 1 aromatic carbocycles. The van der Waals surface area contributed by atoms with Crippen LogP contribution in [0, 0.1) is 12.7 Å². The molecule has 98 valence electrons. The highest BCUT2D eigenvalue weighted by molar-refractivity contribution is 9.10. The van der Waals surface area contributed by atoms with Crippen molar-refractivity contribution in [2.45, 2.75) is 6.92 Å². The van der Waals surface area contributed by atoms with Crippen molar-refractivity contribution in [3.63, 3.8) is 0 Å². The molecule has 1 heterocycles. The van der Waals surface area contributed by atoms with E-state index in [1.54, 1.807) is 13.0 Å². The number of aryl methyl sites for hydroxylation is 1. The predicted octanol–water partition coefficient (Wildman–Crippen LogP) is 2.84. The summed E-state index contributed by atoms with van der Waals surface area (Å²) in [6, 6.07) is 7.04. The SMILES string of the molecule is Cc1cc(Br)c(F)cc1NC(=O)c1cccc(=O)[nH]1. The number of nitrogens with one attached hydrogen (secondary N) is 2. The Bertz CT molecular complexity index is 697. The summed E-state index contributed by atoms with van der Waals surface area (Å²) in [5, 5.41) is 2.55. The number of hydrogen-bond acceptors (Lipinski definition) is 2. The maximum Gasteiger partial charge on any atom is 0.272 e. The van der Waals surface area contributed by atoms with Gasteiger partial charge in [0.1, 0.15) is 11.5 Å². The van der Waals surface area contributed by atoms with Gasteiger partial charge in [-0.3, -0.25) is 9.59 Å². The number of carbonyl (C=O) groups excluding carboxylic acids is 1. The van der Waals surface area contributed by atoms with Crippen molar-refractivity contribution in [2.24, 2.45) is 0 Å². The van der Waals surface area contributed by atoms with Gasteiger partial charge in [0.2, 0.25) is 5.56 Å². The summed E-state index contributed by atoms with van der Waals surface area (Å²) in [7, 11) is 0. The lowest BCUT2D eigenvalue weighted by Crippen LogP contribution is -2.18. The van der Waals surface area contributed by atoms with Crippen molar-refractivity contribution < 1.29 is 9.18 Å². The molecule has 1 aromatic heterocycles. The number of halogens is 2. The van der Waals surface area contributed by atoms with Crippen molar-refractivity contribution in [1.82, 2.24) is 4.98 Å². The Balaban J connectivity index is 2.29. The second-order valence-electron chi connectivity index (χ2n) is 3.96. The fourth-order valence-electron chi connectivity index (χ4n) is 1.55. The normalized spacial score (nSPS) is 10.3. The van der Waals surface area contributed by atoms with Crippen LogP contribution in [0.3, 0.4) is 0 Å². The molecule has 0 saturated heterocycles. The Hall–Kier alpha value is -1.95. The number of carbonyl (C=O) groups is 1. The Morgan fingerprint density at radius 1 is 1.37 bits per heavy atom. The molecule has 0 bridgehead atoms. The molecule has 0 spiro atoms. The molecule has 2 rings (SSSR count). The van der Waals surface area contributed by atoms with Crippen LogP contribution >= 0.6 is 15.9 Å². The number of anilines is 1. The summed E-state index contributed by atoms with van der Waals surface area (Å²) in [5.41, 5.74) is 0.817. The maximum atomic E-state index is 13.4. The van der Waals surface area contributed by atoms with Gasteiger partial charge in [0, 0.05) is 11.8 Å². The Labute approximate surface area is 116 Å². The van der Waals surface area contributed by atoms with Crippen LogP contribution in [0.2, 0.25) is 0 Å². The zero-order chi connectivity index (χ0) is 14.0. The van der Waals surface area contributed by atoms with Gasteiger partial charge in [0.15, 0.2) is 0 Å². The highest BCUT2D eigenvalue weighted by Gasteiger charge is 2.10. The van der Waals surface area contributed by atoms with Crippen LogP contribution in [0.25, 0.3) is 0 Å². The second kappa shape index (κ2) is 5.36. The summed E-state index contributed by atoms with van der Waals surface area (Å²) in [6.45, 7) is 1.74. The number of aromatic amines is 1. The van der Waals surface area contributed by atoms with Crippen molar-refractivity contribution in [3.8, 4) is 0 Å². The Kier molecular flexibility index (Phi) is 3.80. The number of pyridine rings is 1. The van der Waals surface area contributed by atoms with Crippen LogP contribution < -0.4 is 10.9 Å². The van der Waals surface area contributed by atoms with Gasteiger partial charge in [0.05, 0.1) is 4.47 Å². The van der Waals surface area contributed by atoms with E-state index in [0.29, 0.717) is 15.7 Å². The summed E-state index contributed by atoms with van der Waals surface area (Å²) >= 11 is 3.07. The molecule has 0 unspecified atom stereocenters. The minimum Gasteiger partial charge on any atom is -0.320 e. The predicted molar refractivity (Wildman–Crippen MR) is 73.9 cm³/mol. The number of H-pyrrole nitrogens is 1. The smallest absolute Gasteiger partial charge is 0.272 e. The molecule has 4 nitrogen and oxygen atoms in total. The Morgan fingerprint density at radius 3 is 2.79 bits per heavy atom. The van der Waals surface area contributed by atoms with Crippen LogP contribution in [0.4, 0.5) is 10.1 Å². The minimum atomic E-state index is -0.498. The molecule has 0 aliphatic heterocycles. The van der Waals surface area contributed by atoms with Gasteiger partial charge in [-0.1, -0.05) is 6.07 Å². The molecule has 2 aromatic rings. The van der Waals surface area contributed by atoms with Gasteiger partial charge >= 0.3 is 0 Å². The van der Waals surface area contributed by atoms with Gasteiger partial charge in [-0.05, 0) is 46.6 Å². The molecule has 1 amide bonds. The van der Waals surface area contributed by atoms with Gasteiger partial charge in [-0.25, -0.2) is 4.39 Å². The first-order chi connectivity index (χ1) is 8.97. The maximum absolute atomic E-state index is 13.4. The third kappa shape index (κ3) is 3.08. The second-order valence-corrected chi connectivity index (χ2v) is 4.82. The molecule has 6 heteroatoms. The lowest BCUT2D eigenvalue weighted by Gasteiger charge is -2.09. The third-order valence-electron chi connectivity index (χ3n) is 2.53. The summed E-state index contributed by atoms with van der Waals surface area (Å²) < 4.78 is 13.7. The minimum absolute atomic E-state index is 0.121. The summed E-state index contributed by atoms with van der Waals surface area (Å²) in [6.07, 6.45) is 0. The molecule has 0 aliphatic rings. The van der Waals surface area contributed by atoms with Crippen LogP contribution in [0.5, 0.6) is 0 Å². The van der Waals surface area contributed by atoms with E-state index in [-0.39, 0.29) is 11.3 Å². The van der Waals surface area contributed by atoms with Crippen LogP contribution in [0.15, 0.2) is 39.6 Å². The number of aromatic nitrogens is 1. The van der Waals surface area contributed by atoms with Gasteiger partial charge in [0.25, 0.3) is 5.91 Å². The van der Waals surface area contributed by atoms with Crippen LogP contribution in [0.1, 0.15) is 16.1 Å². The van der Waals surface area contributed by atoms with E-state index in [4.69, 9.17) is 0 Å². The van der Waals surface area contributed by atoms with Crippen LogP contribution in [-0.2, 0) is 0 Å². The number of amides is 1. The average molecular weight is 325 g/mol. The fraction of sp³-hybridized carbons (Fsp3) is 0.0769. The van der Waals surface area contributed by atoms with E-state index in [1.165, 1.54) is 24.3 Å². The quantitative estimate of drug-likeness (QED) is 0.892. The monoisotopic (exact) mass is 324 g/mol. The zero-order valence-electron chi connectivity index (χ0n) is 9.96. The van der Waals surface area contributed by atoms with Crippen molar-refractivity contribution in [2.75, 3.05) is 5.32 Å². The topological polar surface area (TPSA) is 62.0 Å². The van der Waals surface area contributed by atoms with Crippen molar-refractivity contribution in [3.05, 3.63) is 62.2 Å². The zero-order valence-corrected chi connectivity index (χ0v) is 11.5. The molecule has 0 aliphatic carbocycles. The first kappa shape index (κ1) is 13.5. The van der Waals surface area contributed by atoms with Gasteiger partial charge in [-0.15, -0.1) is 0 Å². The Morgan fingerprint density at radius 2 is 2.11 bits per heavy atom. The van der Waals surface area contributed by atoms with E-state index in [0.717, 1.165) is 0 Å². The van der Waals surface area contributed by atoms with Crippen LogP contribution in [-0.4, -0.2) is 10.9 Å².